The quantitative estimate of drug-likeness (QED) is 0.304. The van der Waals surface area contributed by atoms with Crippen molar-refractivity contribution < 1.29 is 28.7 Å². The summed E-state index contributed by atoms with van der Waals surface area (Å²) in [6.07, 6.45) is 1.69. The molecule has 1 heterocycles. The van der Waals surface area contributed by atoms with Gasteiger partial charge in [-0.3, -0.25) is 14.4 Å². The number of nitrogens with one attached hydrogen (secondary N) is 1. The monoisotopic (exact) mass is 275 g/mol. The Morgan fingerprint density at radius 1 is 1.27 bits per heavy atom. The molecule has 1 aliphatic heterocycles. The molecule has 0 fully saturated rings. The molecule has 10 heteroatoms. The van der Waals surface area contributed by atoms with E-state index in [1.807, 2.05) is 0 Å². The molecule has 1 rings (SSSR count). The Hall–Kier alpha value is 0.350. The summed E-state index contributed by atoms with van der Waals surface area (Å²) < 4.78 is 22.4. The lowest BCUT2D eigenvalue weighted by atomic mass is 10.3. The van der Waals surface area contributed by atoms with Gasteiger partial charge >= 0.3 is 15.2 Å². The molecule has 0 spiro atoms. The zero-order valence-electron chi connectivity index (χ0n) is 7.44. The van der Waals surface area contributed by atoms with Crippen molar-refractivity contribution in [1.29, 1.82) is 0 Å². The van der Waals surface area contributed by atoms with Crippen molar-refractivity contribution in [2.24, 2.45) is 0 Å². The maximum absolute atomic E-state index is 11.2. The summed E-state index contributed by atoms with van der Waals surface area (Å²) >= 11 is 3.74. The zero-order valence-corrected chi connectivity index (χ0v) is 10.1. The predicted molar refractivity (Wildman–Crippen MR) is 56.5 cm³/mol. The highest BCUT2D eigenvalue weighted by atomic mass is 32.1. The standard InChI is InChI=1S/C5H11NO6P2S/c7-13(8,9)5(14(10,11)12)4(15)2-1-3-6-5/h2,6,15H,1,3H2,(H2,7,8,9)(H2,10,11,12). The van der Waals surface area contributed by atoms with E-state index < -0.39 is 20.2 Å². The molecule has 5 N–H and O–H groups in total. The van der Waals surface area contributed by atoms with Crippen LogP contribution in [-0.4, -0.2) is 31.1 Å². The molecule has 0 bridgehead atoms. The molecular formula is C5H11NO6P2S. The Bertz CT molecular complexity index is 361. The molecule has 0 amide bonds. The van der Waals surface area contributed by atoms with Crippen LogP contribution in [0.1, 0.15) is 6.42 Å². The highest BCUT2D eigenvalue weighted by Gasteiger charge is 2.62. The van der Waals surface area contributed by atoms with Gasteiger partial charge in [0.2, 0.25) is 0 Å². The SMILES string of the molecule is O=P(O)(O)C1(P(=O)(O)O)NCCC=C1S. The maximum Gasteiger partial charge on any atom is 0.363 e. The van der Waals surface area contributed by atoms with Gasteiger partial charge in [0.25, 0.3) is 5.02 Å². The number of hydrogen-bond donors (Lipinski definition) is 6. The highest BCUT2D eigenvalue weighted by molar-refractivity contribution is 7.87. The minimum atomic E-state index is -5.07. The summed E-state index contributed by atoms with van der Waals surface area (Å²) in [5.41, 5.74) is 0. The van der Waals surface area contributed by atoms with Crippen LogP contribution in [0, 0.1) is 0 Å². The van der Waals surface area contributed by atoms with Crippen LogP contribution in [0.5, 0.6) is 0 Å². The van der Waals surface area contributed by atoms with Gasteiger partial charge in [-0.2, -0.15) is 0 Å². The van der Waals surface area contributed by atoms with Crippen LogP contribution in [-0.2, 0) is 9.13 Å². The van der Waals surface area contributed by atoms with Crippen molar-refractivity contribution in [2.45, 2.75) is 11.4 Å². The summed E-state index contributed by atoms with van der Waals surface area (Å²) in [4.78, 5) is 35.9. The number of thiol groups is 1. The summed E-state index contributed by atoms with van der Waals surface area (Å²) in [6.45, 7) is 0.0697. The van der Waals surface area contributed by atoms with Crippen molar-refractivity contribution >= 4 is 27.8 Å². The summed E-state index contributed by atoms with van der Waals surface area (Å²) in [5.74, 6) is 0. The van der Waals surface area contributed by atoms with E-state index in [0.717, 1.165) is 0 Å². The molecular weight excluding hydrogens is 264 g/mol. The van der Waals surface area contributed by atoms with E-state index in [2.05, 4.69) is 17.9 Å². The average Bonchev–Trinajstić information content (AvgIpc) is 2.00. The lowest BCUT2D eigenvalue weighted by molar-refractivity contribution is 0.303. The van der Waals surface area contributed by atoms with Gasteiger partial charge in [-0.15, -0.1) is 12.6 Å². The Labute approximate surface area is 91.3 Å². The Morgan fingerprint density at radius 3 is 2.00 bits per heavy atom. The highest BCUT2D eigenvalue weighted by Crippen LogP contribution is 2.71. The first-order valence-electron chi connectivity index (χ1n) is 3.89. The van der Waals surface area contributed by atoms with Gasteiger partial charge in [0, 0.05) is 11.4 Å². The molecule has 0 saturated carbocycles. The van der Waals surface area contributed by atoms with Crippen LogP contribution < -0.4 is 5.32 Å². The Morgan fingerprint density at radius 2 is 1.73 bits per heavy atom. The Balaban J connectivity index is 3.45. The van der Waals surface area contributed by atoms with E-state index in [1.165, 1.54) is 6.08 Å². The van der Waals surface area contributed by atoms with Gasteiger partial charge < -0.3 is 19.6 Å². The second-order valence-electron chi connectivity index (χ2n) is 3.07. The van der Waals surface area contributed by atoms with E-state index >= 15 is 0 Å². The fraction of sp³-hybridized carbons (Fsp3) is 0.600. The zero-order chi connectivity index (χ0) is 11.9. The fourth-order valence-electron chi connectivity index (χ4n) is 1.36. The molecule has 0 aliphatic carbocycles. The van der Waals surface area contributed by atoms with Crippen LogP contribution >= 0.6 is 27.8 Å². The molecule has 0 aromatic rings. The average molecular weight is 275 g/mol. The summed E-state index contributed by atoms with van der Waals surface area (Å²) in [7, 11) is -10.1. The van der Waals surface area contributed by atoms with E-state index in [-0.39, 0.29) is 11.4 Å². The van der Waals surface area contributed by atoms with E-state index in [4.69, 9.17) is 19.6 Å². The lowest BCUT2D eigenvalue weighted by Crippen LogP contribution is -2.47. The molecule has 88 valence electrons. The third-order valence-corrected chi connectivity index (χ3v) is 6.97. The first-order valence-corrected chi connectivity index (χ1v) is 7.56. The maximum atomic E-state index is 11.2. The van der Waals surface area contributed by atoms with Crippen LogP contribution in [0.15, 0.2) is 11.0 Å². The van der Waals surface area contributed by atoms with E-state index in [0.29, 0.717) is 6.42 Å². The summed E-state index contributed by atoms with van der Waals surface area (Å²) in [5, 5.41) is -0.488. The van der Waals surface area contributed by atoms with Crippen LogP contribution in [0.4, 0.5) is 0 Å². The molecule has 15 heavy (non-hydrogen) atoms. The molecule has 0 atom stereocenters. The largest absolute Gasteiger partial charge is 0.363 e. The van der Waals surface area contributed by atoms with Crippen molar-refractivity contribution in [3.05, 3.63) is 11.0 Å². The lowest BCUT2D eigenvalue weighted by Gasteiger charge is -2.37. The second kappa shape index (κ2) is 3.98. The van der Waals surface area contributed by atoms with Gasteiger partial charge in [-0.05, 0) is 6.42 Å². The first kappa shape index (κ1) is 13.4. The number of rotatable bonds is 2. The topological polar surface area (TPSA) is 127 Å². The van der Waals surface area contributed by atoms with Crippen molar-refractivity contribution in [3.63, 3.8) is 0 Å². The third-order valence-electron chi connectivity index (χ3n) is 2.05. The second-order valence-corrected chi connectivity index (χ2v) is 7.42. The molecule has 0 saturated heterocycles. The third kappa shape index (κ3) is 2.09. The van der Waals surface area contributed by atoms with Gasteiger partial charge in [-0.1, -0.05) is 6.08 Å². The molecule has 0 aromatic heterocycles. The van der Waals surface area contributed by atoms with E-state index in [1.54, 1.807) is 0 Å². The molecule has 1 aliphatic rings. The van der Waals surface area contributed by atoms with Crippen molar-refractivity contribution in [1.82, 2.24) is 5.32 Å². The smallest absolute Gasteiger partial charge is 0.322 e. The van der Waals surface area contributed by atoms with E-state index in [9.17, 15) is 9.13 Å². The van der Waals surface area contributed by atoms with Crippen LogP contribution in [0.3, 0.4) is 0 Å². The van der Waals surface area contributed by atoms with Gasteiger partial charge in [0.15, 0.2) is 0 Å². The van der Waals surface area contributed by atoms with Crippen LogP contribution in [0.2, 0.25) is 0 Å². The number of hydrogen-bond acceptors (Lipinski definition) is 4. The fourth-order valence-corrected chi connectivity index (χ4v) is 5.12. The van der Waals surface area contributed by atoms with Gasteiger partial charge in [0.1, 0.15) is 0 Å². The normalized spacial score (nSPS) is 22.3. The minimum Gasteiger partial charge on any atom is -0.322 e. The minimum absolute atomic E-state index is 0.0697. The van der Waals surface area contributed by atoms with Crippen LogP contribution in [0.25, 0.3) is 0 Å². The molecule has 0 radical (unpaired) electrons. The summed E-state index contributed by atoms with van der Waals surface area (Å²) in [6, 6.07) is 0. The van der Waals surface area contributed by atoms with Gasteiger partial charge in [0.05, 0.1) is 0 Å². The molecule has 7 nitrogen and oxygen atoms in total. The molecule has 0 unspecified atom stereocenters. The van der Waals surface area contributed by atoms with Crippen molar-refractivity contribution in [3.8, 4) is 0 Å². The van der Waals surface area contributed by atoms with Crippen molar-refractivity contribution in [2.75, 3.05) is 6.54 Å². The Kier molecular flexibility index (Phi) is 3.56. The predicted octanol–water partition coefficient (Wildman–Crippen LogP) is -0.197. The molecule has 0 aromatic carbocycles. The van der Waals surface area contributed by atoms with Gasteiger partial charge in [-0.25, -0.2) is 0 Å². The first-order chi connectivity index (χ1) is 6.63.